The first kappa shape index (κ1) is 24.1. The van der Waals surface area contributed by atoms with Crippen LogP contribution in [0.3, 0.4) is 0 Å². The molecule has 1 saturated heterocycles. The van der Waals surface area contributed by atoms with E-state index in [1.165, 1.54) is 17.0 Å². The maximum Gasteiger partial charge on any atom is 0.295 e. The van der Waals surface area contributed by atoms with Crippen LogP contribution in [0.1, 0.15) is 37.4 Å². The number of ketones is 1. The largest absolute Gasteiger partial charge is 0.507 e. The monoisotopic (exact) mass is 477 g/mol. The van der Waals surface area contributed by atoms with E-state index in [9.17, 15) is 14.7 Å². The van der Waals surface area contributed by atoms with Crippen LogP contribution in [-0.4, -0.2) is 48.1 Å². The molecule has 1 fully saturated rings. The molecule has 32 heavy (non-hydrogen) atoms. The van der Waals surface area contributed by atoms with Crippen molar-refractivity contribution in [3.05, 3.63) is 69.2 Å². The number of hydrogen-bond donors (Lipinski definition) is 1. The molecule has 1 N–H and O–H groups in total. The lowest BCUT2D eigenvalue weighted by Gasteiger charge is -2.26. The van der Waals surface area contributed by atoms with Crippen molar-refractivity contribution in [3.8, 4) is 5.75 Å². The van der Waals surface area contributed by atoms with Crippen LogP contribution in [0.5, 0.6) is 5.75 Å². The zero-order chi connectivity index (χ0) is 23.4. The van der Waals surface area contributed by atoms with Gasteiger partial charge in [-0.25, -0.2) is 0 Å². The Morgan fingerprint density at radius 1 is 1.12 bits per heavy atom. The molecule has 1 heterocycles. The SMILES string of the molecule is COCCCN1C(=O)C(=O)/C(=C(\O)c2ccc(Cl)c(Cl)c2)C1c1cccc(OC(C)C)c1. The highest BCUT2D eigenvalue weighted by Gasteiger charge is 2.45. The van der Waals surface area contributed by atoms with E-state index in [1.807, 2.05) is 13.8 Å². The van der Waals surface area contributed by atoms with Gasteiger partial charge in [-0.1, -0.05) is 35.3 Å². The highest BCUT2D eigenvalue weighted by atomic mass is 35.5. The molecular formula is C24H25Cl2NO5. The molecule has 170 valence electrons. The molecule has 2 aromatic carbocycles. The Balaban J connectivity index is 2.14. The molecule has 0 spiro atoms. The van der Waals surface area contributed by atoms with E-state index in [1.54, 1.807) is 37.4 Å². The van der Waals surface area contributed by atoms with Gasteiger partial charge in [-0.15, -0.1) is 0 Å². The number of amides is 1. The molecule has 1 aliphatic rings. The highest BCUT2D eigenvalue weighted by molar-refractivity contribution is 6.46. The Morgan fingerprint density at radius 2 is 1.88 bits per heavy atom. The number of methoxy groups -OCH3 is 1. The smallest absolute Gasteiger partial charge is 0.295 e. The number of carbonyl (C=O) groups is 2. The van der Waals surface area contributed by atoms with Crippen molar-refractivity contribution >= 4 is 40.7 Å². The summed E-state index contributed by atoms with van der Waals surface area (Å²) in [5.74, 6) is -1.14. The second-order valence-electron chi connectivity index (χ2n) is 7.71. The van der Waals surface area contributed by atoms with Crippen molar-refractivity contribution in [1.29, 1.82) is 0 Å². The number of ether oxygens (including phenoxy) is 2. The normalized spacial score (nSPS) is 17.9. The van der Waals surface area contributed by atoms with Gasteiger partial charge in [0, 0.05) is 25.8 Å². The summed E-state index contributed by atoms with van der Waals surface area (Å²) in [4.78, 5) is 27.4. The fourth-order valence-electron chi connectivity index (χ4n) is 3.67. The minimum absolute atomic E-state index is 0.00694. The van der Waals surface area contributed by atoms with Crippen LogP contribution in [0.4, 0.5) is 0 Å². The van der Waals surface area contributed by atoms with Gasteiger partial charge in [0.25, 0.3) is 11.7 Å². The maximum absolute atomic E-state index is 13.0. The van der Waals surface area contributed by atoms with Crippen LogP contribution in [0.25, 0.3) is 5.76 Å². The summed E-state index contributed by atoms with van der Waals surface area (Å²) < 4.78 is 10.9. The van der Waals surface area contributed by atoms with E-state index >= 15 is 0 Å². The quantitative estimate of drug-likeness (QED) is 0.243. The van der Waals surface area contributed by atoms with Gasteiger partial charge in [0.1, 0.15) is 11.5 Å². The van der Waals surface area contributed by atoms with E-state index in [-0.39, 0.29) is 29.0 Å². The number of benzene rings is 2. The van der Waals surface area contributed by atoms with Crippen LogP contribution in [0.15, 0.2) is 48.0 Å². The third kappa shape index (κ3) is 5.09. The van der Waals surface area contributed by atoms with Gasteiger partial charge in [-0.2, -0.15) is 0 Å². The van der Waals surface area contributed by atoms with Crippen molar-refractivity contribution in [1.82, 2.24) is 4.90 Å². The molecule has 1 unspecified atom stereocenters. The van der Waals surface area contributed by atoms with Gasteiger partial charge in [0.2, 0.25) is 0 Å². The van der Waals surface area contributed by atoms with E-state index in [0.717, 1.165) is 0 Å². The Hall–Kier alpha value is -2.54. The lowest BCUT2D eigenvalue weighted by atomic mass is 9.95. The summed E-state index contributed by atoms with van der Waals surface area (Å²) in [5.41, 5.74) is 0.947. The molecule has 1 amide bonds. The van der Waals surface area contributed by atoms with Crippen LogP contribution >= 0.6 is 23.2 Å². The van der Waals surface area contributed by atoms with Crippen LogP contribution in [0, 0.1) is 0 Å². The van der Waals surface area contributed by atoms with Crippen molar-refractivity contribution in [2.75, 3.05) is 20.3 Å². The molecule has 0 saturated carbocycles. The summed E-state index contributed by atoms with van der Waals surface area (Å²) >= 11 is 12.1. The molecule has 1 aliphatic heterocycles. The number of aliphatic hydroxyl groups excluding tert-OH is 1. The first-order valence-corrected chi connectivity index (χ1v) is 11.0. The average molecular weight is 478 g/mol. The number of aliphatic hydroxyl groups is 1. The highest BCUT2D eigenvalue weighted by Crippen LogP contribution is 2.41. The molecule has 0 radical (unpaired) electrons. The Morgan fingerprint density at radius 3 is 2.53 bits per heavy atom. The zero-order valence-electron chi connectivity index (χ0n) is 18.1. The Bertz CT molecular complexity index is 1050. The molecular weight excluding hydrogens is 453 g/mol. The van der Waals surface area contributed by atoms with Crippen LogP contribution in [0.2, 0.25) is 10.0 Å². The van der Waals surface area contributed by atoms with Gasteiger partial charge in [-0.3, -0.25) is 9.59 Å². The summed E-state index contributed by atoms with van der Waals surface area (Å²) in [5, 5.41) is 11.6. The lowest BCUT2D eigenvalue weighted by Crippen LogP contribution is -2.31. The molecule has 0 bridgehead atoms. The number of hydrogen-bond acceptors (Lipinski definition) is 5. The summed E-state index contributed by atoms with van der Waals surface area (Å²) in [6.07, 6.45) is 0.490. The second kappa shape index (κ2) is 10.4. The van der Waals surface area contributed by atoms with Crippen molar-refractivity contribution in [3.63, 3.8) is 0 Å². The van der Waals surface area contributed by atoms with Gasteiger partial charge < -0.3 is 19.5 Å². The number of halogens is 2. The number of likely N-dealkylation sites (tertiary alicyclic amines) is 1. The summed E-state index contributed by atoms with van der Waals surface area (Å²) in [6.45, 7) is 4.54. The Kier molecular flexibility index (Phi) is 7.82. The summed E-state index contributed by atoms with van der Waals surface area (Å²) in [6, 6.07) is 10.9. The standard InChI is InChI=1S/C24H25Cl2NO5/c1-14(2)32-17-7-4-6-15(12-17)21-20(22(28)16-8-9-18(25)19(26)13-16)23(29)24(30)27(21)10-5-11-31-3/h4,6-9,12-14,21,28H,5,10-11H2,1-3H3/b22-20-. The molecule has 8 heteroatoms. The van der Waals surface area contributed by atoms with Crippen molar-refractivity contribution in [2.24, 2.45) is 0 Å². The van der Waals surface area contributed by atoms with E-state index < -0.39 is 17.7 Å². The molecule has 0 aliphatic carbocycles. The van der Waals surface area contributed by atoms with Gasteiger partial charge in [0.05, 0.1) is 27.8 Å². The maximum atomic E-state index is 13.0. The first-order valence-electron chi connectivity index (χ1n) is 10.2. The predicted octanol–water partition coefficient (Wildman–Crippen LogP) is 5.24. The molecule has 1 atom stereocenters. The average Bonchev–Trinajstić information content (AvgIpc) is 3.00. The third-order valence-electron chi connectivity index (χ3n) is 5.03. The van der Waals surface area contributed by atoms with E-state index in [2.05, 4.69) is 0 Å². The molecule has 3 rings (SSSR count). The first-order chi connectivity index (χ1) is 15.2. The van der Waals surface area contributed by atoms with Crippen molar-refractivity contribution in [2.45, 2.75) is 32.4 Å². The lowest BCUT2D eigenvalue weighted by molar-refractivity contribution is -0.140. The minimum Gasteiger partial charge on any atom is -0.507 e. The second-order valence-corrected chi connectivity index (χ2v) is 8.52. The Labute approximate surface area is 197 Å². The van der Waals surface area contributed by atoms with Crippen LogP contribution in [-0.2, 0) is 14.3 Å². The summed E-state index contributed by atoms with van der Waals surface area (Å²) in [7, 11) is 1.57. The van der Waals surface area contributed by atoms with Crippen molar-refractivity contribution < 1.29 is 24.2 Å². The van der Waals surface area contributed by atoms with Crippen LogP contribution < -0.4 is 4.74 Å². The fourth-order valence-corrected chi connectivity index (χ4v) is 3.96. The topological polar surface area (TPSA) is 76.1 Å². The molecule has 2 aromatic rings. The zero-order valence-corrected chi connectivity index (χ0v) is 19.6. The predicted molar refractivity (Wildman–Crippen MR) is 124 cm³/mol. The van der Waals surface area contributed by atoms with E-state index in [4.69, 9.17) is 32.7 Å². The van der Waals surface area contributed by atoms with E-state index in [0.29, 0.717) is 34.9 Å². The van der Waals surface area contributed by atoms with Gasteiger partial charge in [-0.05, 0) is 56.2 Å². The number of Topliss-reactive ketones (excluding diaryl/α,β-unsaturated/α-hetero) is 1. The minimum atomic E-state index is -0.781. The fraction of sp³-hybridized carbons (Fsp3) is 0.333. The molecule has 6 nitrogen and oxygen atoms in total. The molecule has 0 aromatic heterocycles. The van der Waals surface area contributed by atoms with Gasteiger partial charge >= 0.3 is 0 Å². The number of nitrogens with zero attached hydrogens (tertiary/aromatic N) is 1. The number of rotatable bonds is 8. The number of carbonyl (C=O) groups excluding carboxylic acids is 2. The third-order valence-corrected chi connectivity index (χ3v) is 5.77. The van der Waals surface area contributed by atoms with Gasteiger partial charge in [0.15, 0.2) is 0 Å².